The Bertz CT molecular complexity index is 1180. The molecule has 0 aliphatic carbocycles. The molecule has 36 heavy (non-hydrogen) atoms. The van der Waals surface area contributed by atoms with Crippen molar-refractivity contribution in [2.24, 2.45) is 0 Å². The van der Waals surface area contributed by atoms with Crippen molar-refractivity contribution in [1.29, 1.82) is 0 Å². The van der Waals surface area contributed by atoms with Gasteiger partial charge in [-0.25, -0.2) is 0 Å². The quantitative estimate of drug-likeness (QED) is 0.401. The highest BCUT2D eigenvalue weighted by atomic mass is 16.5. The fraction of sp³-hybridized carbons (Fsp3) is 0.300. The van der Waals surface area contributed by atoms with Gasteiger partial charge in [-0.05, 0) is 66.5 Å². The maximum Gasteiger partial charge on any atom is 0.228 e. The zero-order valence-corrected chi connectivity index (χ0v) is 21.8. The highest BCUT2D eigenvalue weighted by molar-refractivity contribution is 5.92. The van der Waals surface area contributed by atoms with Crippen molar-refractivity contribution in [2.45, 2.75) is 40.0 Å². The minimum atomic E-state index is -0.0670. The van der Waals surface area contributed by atoms with Crippen LogP contribution in [0.3, 0.4) is 0 Å². The van der Waals surface area contributed by atoms with Crippen LogP contribution in [0.15, 0.2) is 79.5 Å². The number of hydrogen-bond donors (Lipinski definition) is 1. The lowest BCUT2D eigenvalue weighted by Crippen LogP contribution is -2.28. The van der Waals surface area contributed by atoms with Crippen molar-refractivity contribution in [1.82, 2.24) is 14.9 Å². The number of aryl methyl sites for hydroxylation is 1. The molecule has 0 radical (unpaired) electrons. The second-order valence-electron chi connectivity index (χ2n) is 8.77. The van der Waals surface area contributed by atoms with Gasteiger partial charge in [-0.15, -0.1) is 0 Å². The summed E-state index contributed by atoms with van der Waals surface area (Å²) in [6.07, 6.45) is 8.09. The summed E-state index contributed by atoms with van der Waals surface area (Å²) in [5.74, 6) is 0.612. The highest BCUT2D eigenvalue weighted by Crippen LogP contribution is 2.24. The minimum Gasteiger partial charge on any atom is -0.483 e. The van der Waals surface area contributed by atoms with Crippen molar-refractivity contribution >= 4 is 17.2 Å². The Labute approximate surface area is 214 Å². The van der Waals surface area contributed by atoms with Crippen LogP contribution in [0.5, 0.6) is 0 Å². The molecule has 0 saturated heterocycles. The minimum absolute atomic E-state index is 0.0670. The van der Waals surface area contributed by atoms with E-state index in [9.17, 15) is 4.79 Å². The molecule has 1 amide bonds. The second-order valence-corrected chi connectivity index (χ2v) is 8.77. The molecule has 0 unspecified atom stereocenters. The van der Waals surface area contributed by atoms with E-state index in [1.165, 1.54) is 12.0 Å². The zero-order valence-electron chi connectivity index (χ0n) is 21.8. The van der Waals surface area contributed by atoms with E-state index in [0.717, 1.165) is 47.6 Å². The van der Waals surface area contributed by atoms with Crippen LogP contribution in [0.1, 0.15) is 43.6 Å². The molecule has 6 heteroatoms. The van der Waals surface area contributed by atoms with E-state index in [4.69, 9.17) is 4.74 Å². The maximum atomic E-state index is 12.5. The number of amides is 1. The first-order valence-corrected chi connectivity index (χ1v) is 12.4. The Kier molecular flexibility index (Phi) is 9.81. The summed E-state index contributed by atoms with van der Waals surface area (Å²) in [6.45, 7) is 11.7. The van der Waals surface area contributed by atoms with Crippen molar-refractivity contribution in [2.75, 3.05) is 25.5 Å². The van der Waals surface area contributed by atoms with Crippen LogP contribution in [-0.4, -0.2) is 41.0 Å². The third-order valence-corrected chi connectivity index (χ3v) is 5.72. The Morgan fingerprint density at radius 1 is 1.08 bits per heavy atom. The van der Waals surface area contributed by atoms with Crippen molar-refractivity contribution in [3.63, 3.8) is 0 Å². The van der Waals surface area contributed by atoms with Crippen LogP contribution in [0.25, 0.3) is 16.7 Å². The van der Waals surface area contributed by atoms with Crippen molar-refractivity contribution in [3.05, 3.63) is 96.4 Å². The fourth-order valence-electron chi connectivity index (χ4n) is 3.85. The number of pyridine rings is 2. The predicted octanol–water partition coefficient (Wildman–Crippen LogP) is 6.26. The lowest BCUT2D eigenvalue weighted by Gasteiger charge is -2.28. The number of rotatable bonds is 7. The van der Waals surface area contributed by atoms with E-state index in [2.05, 4.69) is 46.7 Å². The van der Waals surface area contributed by atoms with Gasteiger partial charge in [-0.2, -0.15) is 0 Å². The molecule has 0 fully saturated rings. The smallest absolute Gasteiger partial charge is 0.228 e. The van der Waals surface area contributed by atoms with Crippen LogP contribution < -0.4 is 5.32 Å². The number of carbonyl (C=O) groups is 1. The normalized spacial score (nSPS) is 12.7. The van der Waals surface area contributed by atoms with Gasteiger partial charge < -0.3 is 15.0 Å². The predicted molar refractivity (Wildman–Crippen MR) is 147 cm³/mol. The monoisotopic (exact) mass is 484 g/mol. The molecule has 2 aromatic heterocycles. The van der Waals surface area contributed by atoms with E-state index < -0.39 is 0 Å². The summed E-state index contributed by atoms with van der Waals surface area (Å²) in [5, 5.41) is 2.94. The number of ether oxygens (including phenoxy) is 1. The lowest BCUT2D eigenvalue weighted by molar-refractivity contribution is -0.115. The Morgan fingerprint density at radius 2 is 1.83 bits per heavy atom. The number of benzene rings is 1. The first-order valence-electron chi connectivity index (χ1n) is 12.4. The van der Waals surface area contributed by atoms with Crippen LogP contribution in [0.4, 0.5) is 5.69 Å². The molecule has 1 aromatic carbocycles. The largest absolute Gasteiger partial charge is 0.483 e. The van der Waals surface area contributed by atoms with Crippen LogP contribution in [0.2, 0.25) is 0 Å². The SMILES string of the molecule is C=C(OC)N1CC=C(c2ccc(NC(=O)Cc3ccc(-c4ccnc(C)c4)cc3)cn2)CC1.CCC. The molecule has 188 valence electrons. The lowest BCUT2D eigenvalue weighted by atomic mass is 10.0. The molecule has 0 atom stereocenters. The molecule has 6 nitrogen and oxygen atoms in total. The van der Waals surface area contributed by atoms with Gasteiger partial charge in [0.2, 0.25) is 5.91 Å². The number of anilines is 1. The van der Waals surface area contributed by atoms with E-state index >= 15 is 0 Å². The summed E-state index contributed by atoms with van der Waals surface area (Å²) in [4.78, 5) is 23.4. The van der Waals surface area contributed by atoms with Gasteiger partial charge in [0.15, 0.2) is 5.88 Å². The molecule has 1 N–H and O–H groups in total. The molecular formula is C30H36N4O2. The van der Waals surface area contributed by atoms with Gasteiger partial charge in [0, 0.05) is 25.0 Å². The number of carbonyl (C=O) groups excluding carboxylic acids is 1. The standard InChI is InChI=1S/C27H28N4O2.C3H8/c1-19-16-24(10-13-28-19)22-6-4-21(5-7-22)17-27(32)30-25-8-9-26(29-18-25)23-11-14-31(15-12-23)20(2)33-3;1-3-2/h4-11,13,16,18H,2,12,14-15,17H2,1,3H3,(H,30,32);3H2,1-2H3. The third-order valence-electron chi connectivity index (χ3n) is 5.72. The summed E-state index contributed by atoms with van der Waals surface area (Å²) < 4.78 is 5.20. The van der Waals surface area contributed by atoms with E-state index in [1.807, 2.05) is 61.7 Å². The average molecular weight is 485 g/mol. The highest BCUT2D eigenvalue weighted by Gasteiger charge is 2.15. The number of hydrogen-bond acceptors (Lipinski definition) is 5. The number of aromatic nitrogens is 2. The van der Waals surface area contributed by atoms with Gasteiger partial charge in [0.25, 0.3) is 0 Å². The summed E-state index contributed by atoms with van der Waals surface area (Å²) in [5.41, 5.74) is 6.98. The zero-order chi connectivity index (χ0) is 25.9. The molecule has 4 rings (SSSR count). The number of nitrogens with zero attached hydrogens (tertiary/aromatic N) is 3. The second kappa shape index (κ2) is 13.2. The number of nitrogens with one attached hydrogen (secondary N) is 1. The first kappa shape index (κ1) is 26.7. The molecule has 3 heterocycles. The summed E-state index contributed by atoms with van der Waals surface area (Å²) in [6, 6.07) is 15.9. The Morgan fingerprint density at radius 3 is 2.42 bits per heavy atom. The van der Waals surface area contributed by atoms with Gasteiger partial charge in [-0.1, -0.05) is 50.6 Å². The van der Waals surface area contributed by atoms with E-state index in [1.54, 1.807) is 13.3 Å². The number of methoxy groups -OCH3 is 1. The molecule has 1 aliphatic rings. The summed E-state index contributed by atoms with van der Waals surface area (Å²) >= 11 is 0. The summed E-state index contributed by atoms with van der Waals surface area (Å²) in [7, 11) is 1.63. The molecule has 0 saturated carbocycles. The van der Waals surface area contributed by atoms with E-state index in [0.29, 0.717) is 18.0 Å². The van der Waals surface area contributed by atoms with Gasteiger partial charge in [0.05, 0.1) is 31.1 Å². The fourth-order valence-corrected chi connectivity index (χ4v) is 3.85. The van der Waals surface area contributed by atoms with Gasteiger partial charge in [0.1, 0.15) is 0 Å². The van der Waals surface area contributed by atoms with Gasteiger partial charge >= 0.3 is 0 Å². The maximum absolute atomic E-state index is 12.5. The van der Waals surface area contributed by atoms with Crippen molar-refractivity contribution in [3.8, 4) is 11.1 Å². The first-order chi connectivity index (χ1) is 17.4. The van der Waals surface area contributed by atoms with Crippen LogP contribution >= 0.6 is 0 Å². The topological polar surface area (TPSA) is 67.3 Å². The molecular weight excluding hydrogens is 448 g/mol. The van der Waals surface area contributed by atoms with Gasteiger partial charge in [-0.3, -0.25) is 14.8 Å². The Balaban J connectivity index is 0.00000115. The molecule has 0 bridgehead atoms. The average Bonchev–Trinajstić information content (AvgIpc) is 2.89. The third kappa shape index (κ3) is 7.54. The molecule has 0 spiro atoms. The molecule has 1 aliphatic heterocycles. The van der Waals surface area contributed by atoms with Crippen LogP contribution in [0, 0.1) is 6.92 Å². The van der Waals surface area contributed by atoms with Crippen molar-refractivity contribution < 1.29 is 9.53 Å². The van der Waals surface area contributed by atoms with E-state index in [-0.39, 0.29) is 5.91 Å². The molecule has 3 aromatic rings. The Hall–Kier alpha value is -3.93. The van der Waals surface area contributed by atoms with Crippen LogP contribution in [-0.2, 0) is 16.0 Å².